The molecule has 2 rings (SSSR count). The molecule has 1 aromatic rings. The monoisotopic (exact) mass is 219 g/mol. The van der Waals surface area contributed by atoms with Crippen LogP contribution < -0.4 is 10.4 Å². The molecule has 0 unspecified atom stereocenters. The molecule has 2 N–H and O–H groups in total. The molecule has 1 heterocycles. The molecule has 0 aliphatic carbocycles. The summed E-state index contributed by atoms with van der Waals surface area (Å²) in [7, 11) is 0. The predicted molar refractivity (Wildman–Crippen MR) is 65.1 cm³/mol. The molecule has 0 amide bonds. The Labute approximate surface area is 95.6 Å². The van der Waals surface area contributed by atoms with Gasteiger partial charge >= 0.3 is 0 Å². The number of hydrogen-bond acceptors (Lipinski definition) is 4. The first-order valence-corrected chi connectivity index (χ1v) is 5.56. The molecule has 0 atom stereocenters. The first-order valence-electron chi connectivity index (χ1n) is 5.56. The third-order valence-electron chi connectivity index (χ3n) is 2.64. The molecule has 0 spiro atoms. The van der Waals surface area contributed by atoms with Crippen LogP contribution in [-0.4, -0.2) is 24.3 Å². The minimum Gasteiger partial charge on any atom is -0.352 e. The summed E-state index contributed by atoms with van der Waals surface area (Å²) in [5.41, 5.74) is 1.95. The van der Waals surface area contributed by atoms with Gasteiger partial charge in [0.05, 0.1) is 12.2 Å². The zero-order valence-electron chi connectivity index (χ0n) is 9.64. The van der Waals surface area contributed by atoms with E-state index in [0.29, 0.717) is 11.9 Å². The highest BCUT2D eigenvalue weighted by molar-refractivity contribution is 5.94. The van der Waals surface area contributed by atoms with Crippen LogP contribution in [0, 0.1) is 0 Å². The highest BCUT2D eigenvalue weighted by atomic mass is 16.5. The Morgan fingerprint density at radius 3 is 2.88 bits per heavy atom. The summed E-state index contributed by atoms with van der Waals surface area (Å²) in [5.74, 6) is 0.979. The predicted octanol–water partition coefficient (Wildman–Crippen LogP) is 1.96. The second kappa shape index (κ2) is 4.53. The smallest absolute Gasteiger partial charge is 0.223 e. The largest absolute Gasteiger partial charge is 0.352 e. The molecule has 4 heteroatoms. The van der Waals surface area contributed by atoms with Crippen molar-refractivity contribution in [2.24, 2.45) is 4.99 Å². The lowest BCUT2D eigenvalue weighted by molar-refractivity contribution is 0.309. The van der Waals surface area contributed by atoms with Gasteiger partial charge in [-0.05, 0) is 23.6 Å². The second-order valence-electron chi connectivity index (χ2n) is 4.19. The van der Waals surface area contributed by atoms with Gasteiger partial charge < -0.3 is 5.32 Å². The van der Waals surface area contributed by atoms with Gasteiger partial charge in [-0.25, -0.2) is 4.99 Å². The van der Waals surface area contributed by atoms with E-state index in [1.165, 1.54) is 5.56 Å². The van der Waals surface area contributed by atoms with E-state index in [-0.39, 0.29) is 0 Å². The number of anilines is 1. The van der Waals surface area contributed by atoms with Gasteiger partial charge in [0.1, 0.15) is 0 Å². The summed E-state index contributed by atoms with van der Waals surface area (Å²) >= 11 is 0. The van der Waals surface area contributed by atoms with Crippen molar-refractivity contribution in [2.75, 3.05) is 18.2 Å². The molecule has 16 heavy (non-hydrogen) atoms. The number of hydroxylamine groups is 1. The highest BCUT2D eigenvalue weighted by Gasteiger charge is 2.14. The van der Waals surface area contributed by atoms with Gasteiger partial charge in [-0.3, -0.25) is 5.21 Å². The minimum atomic E-state index is 0.451. The van der Waals surface area contributed by atoms with Crippen molar-refractivity contribution >= 4 is 11.6 Å². The molecule has 0 aromatic heterocycles. The van der Waals surface area contributed by atoms with E-state index in [1.807, 2.05) is 18.2 Å². The molecule has 0 radical (unpaired) electrons. The van der Waals surface area contributed by atoms with E-state index in [4.69, 9.17) is 0 Å². The third kappa shape index (κ3) is 2.17. The Morgan fingerprint density at radius 2 is 2.25 bits per heavy atom. The number of aliphatic imine (C=N–C) groups is 1. The maximum absolute atomic E-state index is 9.97. The van der Waals surface area contributed by atoms with E-state index in [9.17, 15) is 5.21 Å². The summed E-state index contributed by atoms with van der Waals surface area (Å²) in [6, 6.07) is 7.86. The van der Waals surface area contributed by atoms with E-state index < -0.39 is 0 Å². The summed E-state index contributed by atoms with van der Waals surface area (Å²) in [6.45, 7) is 5.77. The van der Waals surface area contributed by atoms with Gasteiger partial charge in [-0.15, -0.1) is 0 Å². The fourth-order valence-corrected chi connectivity index (χ4v) is 1.67. The molecule has 86 valence electrons. The third-order valence-corrected chi connectivity index (χ3v) is 2.64. The van der Waals surface area contributed by atoms with Crippen LogP contribution in [0.4, 0.5) is 5.69 Å². The standard InChI is InChI=1S/C12H17N3O/c1-9(2)10-4-3-5-11(8-10)15(16)12-13-6-7-14-12/h3-5,8-9,16H,6-7H2,1-2H3,(H,13,14). The SMILES string of the molecule is CC(C)c1cccc(N(O)C2=NCCN2)c1. The van der Waals surface area contributed by atoms with Crippen LogP contribution in [0.5, 0.6) is 0 Å². The van der Waals surface area contributed by atoms with Crippen LogP contribution in [0.3, 0.4) is 0 Å². The fraction of sp³-hybridized carbons (Fsp3) is 0.417. The summed E-state index contributed by atoms with van der Waals surface area (Å²) < 4.78 is 0. The normalized spacial score (nSPS) is 14.9. The molecule has 1 aliphatic heterocycles. The van der Waals surface area contributed by atoms with Crippen molar-refractivity contribution in [3.05, 3.63) is 29.8 Å². The van der Waals surface area contributed by atoms with Crippen molar-refractivity contribution in [3.63, 3.8) is 0 Å². The van der Waals surface area contributed by atoms with Gasteiger partial charge in [0.25, 0.3) is 0 Å². The summed E-state index contributed by atoms with van der Waals surface area (Å²) in [5, 5.41) is 14.1. The molecule has 0 saturated heterocycles. The lowest BCUT2D eigenvalue weighted by Gasteiger charge is -2.18. The van der Waals surface area contributed by atoms with Crippen LogP contribution in [0.15, 0.2) is 29.3 Å². The summed E-state index contributed by atoms with van der Waals surface area (Å²) in [6.07, 6.45) is 0. The highest BCUT2D eigenvalue weighted by Crippen LogP contribution is 2.21. The maximum atomic E-state index is 9.97. The van der Waals surface area contributed by atoms with Gasteiger partial charge in [0.15, 0.2) is 0 Å². The number of guanidine groups is 1. The van der Waals surface area contributed by atoms with E-state index in [1.54, 1.807) is 0 Å². The van der Waals surface area contributed by atoms with Crippen LogP contribution in [0.25, 0.3) is 0 Å². The molecular formula is C12H17N3O. The molecule has 0 fully saturated rings. The van der Waals surface area contributed by atoms with Crippen molar-refractivity contribution < 1.29 is 5.21 Å². The average molecular weight is 219 g/mol. The number of nitrogens with zero attached hydrogens (tertiary/aromatic N) is 2. The topological polar surface area (TPSA) is 47.9 Å². The van der Waals surface area contributed by atoms with Crippen molar-refractivity contribution in [3.8, 4) is 0 Å². The average Bonchev–Trinajstić information content (AvgIpc) is 2.81. The Morgan fingerprint density at radius 1 is 1.44 bits per heavy atom. The Bertz CT molecular complexity index is 401. The fourth-order valence-electron chi connectivity index (χ4n) is 1.67. The van der Waals surface area contributed by atoms with Crippen molar-refractivity contribution in [1.82, 2.24) is 5.32 Å². The van der Waals surface area contributed by atoms with Crippen molar-refractivity contribution in [1.29, 1.82) is 0 Å². The number of nitrogens with one attached hydrogen (secondary N) is 1. The minimum absolute atomic E-state index is 0.451. The molecule has 4 nitrogen and oxygen atoms in total. The van der Waals surface area contributed by atoms with Crippen LogP contribution in [-0.2, 0) is 0 Å². The van der Waals surface area contributed by atoms with Gasteiger partial charge in [0.2, 0.25) is 5.96 Å². The number of rotatable bonds is 2. The van der Waals surface area contributed by atoms with Gasteiger partial charge in [0, 0.05) is 6.54 Å². The Hall–Kier alpha value is -1.55. The maximum Gasteiger partial charge on any atom is 0.223 e. The number of benzene rings is 1. The molecule has 0 saturated carbocycles. The molecule has 1 aromatic carbocycles. The van der Waals surface area contributed by atoms with Crippen LogP contribution in [0.2, 0.25) is 0 Å². The molecule has 0 bridgehead atoms. The van der Waals surface area contributed by atoms with E-state index >= 15 is 0 Å². The van der Waals surface area contributed by atoms with E-state index in [0.717, 1.165) is 23.8 Å². The van der Waals surface area contributed by atoms with Crippen LogP contribution in [0.1, 0.15) is 25.3 Å². The quantitative estimate of drug-likeness (QED) is 0.747. The van der Waals surface area contributed by atoms with Crippen molar-refractivity contribution in [2.45, 2.75) is 19.8 Å². The zero-order chi connectivity index (χ0) is 11.5. The zero-order valence-corrected chi connectivity index (χ0v) is 9.64. The first kappa shape index (κ1) is 11.0. The van der Waals surface area contributed by atoms with Crippen LogP contribution >= 0.6 is 0 Å². The lowest BCUT2D eigenvalue weighted by atomic mass is 10.0. The van der Waals surface area contributed by atoms with E-state index in [2.05, 4.69) is 30.2 Å². The molecule has 1 aliphatic rings. The molecular weight excluding hydrogens is 202 g/mol. The number of hydrogen-bond donors (Lipinski definition) is 2. The van der Waals surface area contributed by atoms with Gasteiger partial charge in [-0.1, -0.05) is 26.0 Å². The Kier molecular flexibility index (Phi) is 3.10. The lowest BCUT2D eigenvalue weighted by Crippen LogP contribution is -2.36. The first-order chi connectivity index (χ1) is 7.68. The Balaban J connectivity index is 2.22. The second-order valence-corrected chi connectivity index (χ2v) is 4.19. The summed E-state index contributed by atoms with van der Waals surface area (Å²) in [4.78, 5) is 4.17. The van der Waals surface area contributed by atoms with Gasteiger partial charge in [-0.2, -0.15) is 5.06 Å².